The van der Waals surface area contributed by atoms with E-state index in [-0.39, 0.29) is 17.7 Å². The third-order valence-corrected chi connectivity index (χ3v) is 10.7. The summed E-state index contributed by atoms with van der Waals surface area (Å²) in [5.41, 5.74) is 3.52. The first kappa shape index (κ1) is 35.4. The van der Waals surface area contributed by atoms with Crippen molar-refractivity contribution in [1.29, 1.82) is 0 Å². The van der Waals surface area contributed by atoms with Gasteiger partial charge < -0.3 is 18.9 Å². The Hall–Kier alpha value is -3.47. The minimum absolute atomic E-state index is 0.155. The maximum absolute atomic E-state index is 14.5. The zero-order valence-electron chi connectivity index (χ0n) is 26.5. The standard InChI is InChI=1S/C37H29BrI2N2O6S/c1-4-47-36(44)31-32(22-8-6-5-7-9-22)41-37-42(33(31)23-12-15-28(45-2)29(17-23)46-3)35(43)30(49-37)18-24-16-26(39)19-27(40)34(24)48-20-21-10-13-25(38)14-11-21/h5-19,33H,4,20H2,1-3H3/b30-18-/t33-/m0/s1. The van der Waals surface area contributed by atoms with E-state index < -0.39 is 12.0 Å². The first-order valence-corrected chi connectivity index (χ1v) is 18.9. The second-order valence-electron chi connectivity index (χ2n) is 10.8. The largest absolute Gasteiger partial charge is 0.493 e. The molecule has 0 aliphatic carbocycles. The van der Waals surface area contributed by atoms with Crippen LogP contribution in [0.5, 0.6) is 17.2 Å². The SMILES string of the molecule is CCOC(=O)C1=C(c2ccccc2)N=c2s/c(=C\c3cc(I)cc(I)c3OCc3ccc(Br)cc3)c(=O)n2[C@H]1c1ccc(OC)c(OC)c1. The number of benzene rings is 4. The number of ether oxygens (including phenoxy) is 4. The number of carbonyl (C=O) groups is 1. The van der Waals surface area contributed by atoms with Gasteiger partial charge in [-0.25, -0.2) is 9.79 Å². The predicted molar refractivity (Wildman–Crippen MR) is 211 cm³/mol. The van der Waals surface area contributed by atoms with E-state index in [9.17, 15) is 9.59 Å². The molecule has 0 radical (unpaired) electrons. The van der Waals surface area contributed by atoms with E-state index in [1.165, 1.54) is 11.3 Å². The summed E-state index contributed by atoms with van der Waals surface area (Å²) in [5.74, 6) is 1.09. The number of esters is 1. The molecular weight excluding hydrogens is 934 g/mol. The summed E-state index contributed by atoms with van der Waals surface area (Å²) in [4.78, 5) is 33.8. The molecule has 0 unspecified atom stereocenters. The lowest BCUT2D eigenvalue weighted by Crippen LogP contribution is -2.40. The van der Waals surface area contributed by atoms with E-state index in [2.05, 4.69) is 61.1 Å². The molecule has 1 aromatic heterocycles. The van der Waals surface area contributed by atoms with Crippen LogP contribution in [0.3, 0.4) is 0 Å². The first-order chi connectivity index (χ1) is 23.7. The highest BCUT2D eigenvalue weighted by Crippen LogP contribution is 2.38. The van der Waals surface area contributed by atoms with Crippen LogP contribution in [-0.4, -0.2) is 31.4 Å². The molecule has 0 fully saturated rings. The molecule has 0 saturated heterocycles. The van der Waals surface area contributed by atoms with Crippen LogP contribution in [0.25, 0.3) is 11.8 Å². The Morgan fingerprint density at radius 1 is 0.980 bits per heavy atom. The van der Waals surface area contributed by atoms with Gasteiger partial charge in [-0.05, 0) is 106 Å². The first-order valence-electron chi connectivity index (χ1n) is 15.1. The third-order valence-electron chi connectivity index (χ3n) is 7.72. The molecule has 1 aliphatic heterocycles. The average molecular weight is 963 g/mol. The van der Waals surface area contributed by atoms with Gasteiger partial charge in [0.25, 0.3) is 5.56 Å². The summed E-state index contributed by atoms with van der Waals surface area (Å²) in [6, 6.07) is 25.9. The monoisotopic (exact) mass is 962 g/mol. The Morgan fingerprint density at radius 2 is 1.71 bits per heavy atom. The summed E-state index contributed by atoms with van der Waals surface area (Å²) < 4.78 is 28.0. The van der Waals surface area contributed by atoms with Crippen molar-refractivity contribution in [2.24, 2.45) is 4.99 Å². The van der Waals surface area contributed by atoms with Crippen molar-refractivity contribution >= 4 is 90.2 Å². The number of rotatable bonds is 10. The Kier molecular flexibility index (Phi) is 11.3. The second kappa shape index (κ2) is 15.6. The van der Waals surface area contributed by atoms with Crippen molar-refractivity contribution in [2.75, 3.05) is 20.8 Å². The molecule has 0 amide bonds. The van der Waals surface area contributed by atoms with Crippen molar-refractivity contribution in [3.05, 3.63) is 144 Å². The van der Waals surface area contributed by atoms with Crippen LogP contribution in [0.4, 0.5) is 0 Å². The second-order valence-corrected chi connectivity index (χ2v) is 15.1. The summed E-state index contributed by atoms with van der Waals surface area (Å²) in [7, 11) is 3.10. The maximum Gasteiger partial charge on any atom is 0.338 e. The predicted octanol–water partition coefficient (Wildman–Crippen LogP) is 7.50. The number of carbonyl (C=O) groups excluding carboxylic acids is 1. The average Bonchev–Trinajstić information content (AvgIpc) is 3.41. The fourth-order valence-electron chi connectivity index (χ4n) is 5.50. The van der Waals surface area contributed by atoms with Crippen molar-refractivity contribution in [2.45, 2.75) is 19.6 Å². The third kappa shape index (κ3) is 7.51. The summed E-state index contributed by atoms with van der Waals surface area (Å²) in [6.45, 7) is 2.26. The molecule has 1 aliphatic rings. The van der Waals surface area contributed by atoms with Gasteiger partial charge in [-0.2, -0.15) is 0 Å². The fourth-order valence-corrected chi connectivity index (χ4v) is 8.80. The van der Waals surface area contributed by atoms with Crippen LogP contribution in [0.2, 0.25) is 0 Å². The number of thiazole rings is 1. The molecule has 250 valence electrons. The van der Waals surface area contributed by atoms with Gasteiger partial charge in [-0.15, -0.1) is 0 Å². The number of nitrogens with zero attached hydrogens (tertiary/aromatic N) is 2. The van der Waals surface area contributed by atoms with Gasteiger partial charge in [0.05, 0.1) is 46.2 Å². The number of methoxy groups -OCH3 is 2. The zero-order valence-corrected chi connectivity index (χ0v) is 33.3. The van der Waals surface area contributed by atoms with Gasteiger partial charge in [0.15, 0.2) is 16.3 Å². The summed E-state index contributed by atoms with van der Waals surface area (Å²) in [5, 5.41) is 0. The highest BCUT2D eigenvalue weighted by atomic mass is 127. The lowest BCUT2D eigenvalue weighted by Gasteiger charge is -2.26. The number of hydrogen-bond donors (Lipinski definition) is 0. The topological polar surface area (TPSA) is 88.4 Å². The van der Waals surface area contributed by atoms with Crippen LogP contribution in [0, 0.1) is 7.14 Å². The Bertz CT molecular complexity index is 2250. The molecule has 0 bridgehead atoms. The van der Waals surface area contributed by atoms with Crippen LogP contribution in [0.15, 0.2) is 105 Å². The lowest BCUT2D eigenvalue weighted by atomic mass is 9.93. The van der Waals surface area contributed by atoms with Crippen LogP contribution in [0.1, 0.15) is 35.2 Å². The molecule has 4 aromatic carbocycles. The molecule has 0 saturated carbocycles. The van der Waals surface area contributed by atoms with E-state index in [0.29, 0.717) is 44.4 Å². The summed E-state index contributed by atoms with van der Waals surface area (Å²) >= 11 is 9.27. The van der Waals surface area contributed by atoms with E-state index in [0.717, 1.165) is 28.3 Å². The maximum atomic E-state index is 14.5. The molecule has 8 nitrogen and oxygen atoms in total. The van der Waals surface area contributed by atoms with Crippen molar-refractivity contribution in [3.63, 3.8) is 0 Å². The van der Waals surface area contributed by atoms with Gasteiger partial charge in [-0.1, -0.05) is 75.8 Å². The number of fused-ring (bicyclic) bond motifs is 1. The Labute approximate surface area is 322 Å². The smallest absolute Gasteiger partial charge is 0.338 e. The molecular formula is C37H29BrI2N2O6S. The molecule has 0 spiro atoms. The molecule has 2 heterocycles. The van der Waals surface area contributed by atoms with Crippen molar-refractivity contribution in [1.82, 2.24) is 4.57 Å². The molecule has 6 rings (SSSR count). The Morgan fingerprint density at radius 3 is 2.41 bits per heavy atom. The minimum atomic E-state index is -0.864. The molecule has 1 atom stereocenters. The van der Waals surface area contributed by atoms with Gasteiger partial charge in [0, 0.05) is 19.2 Å². The fraction of sp³-hybridized carbons (Fsp3) is 0.162. The molecule has 0 N–H and O–H groups in total. The highest BCUT2D eigenvalue weighted by molar-refractivity contribution is 14.1. The molecule has 12 heteroatoms. The summed E-state index contributed by atoms with van der Waals surface area (Å²) in [6.07, 6.45) is 1.84. The quantitative estimate of drug-likeness (QED) is 0.107. The van der Waals surface area contributed by atoms with Gasteiger partial charge >= 0.3 is 5.97 Å². The lowest BCUT2D eigenvalue weighted by molar-refractivity contribution is -0.138. The number of hydrogen-bond acceptors (Lipinski definition) is 8. The Balaban J connectivity index is 1.58. The zero-order chi connectivity index (χ0) is 34.7. The van der Waals surface area contributed by atoms with Crippen molar-refractivity contribution in [3.8, 4) is 17.2 Å². The van der Waals surface area contributed by atoms with E-state index in [1.807, 2.05) is 78.9 Å². The van der Waals surface area contributed by atoms with E-state index in [1.54, 1.807) is 37.8 Å². The van der Waals surface area contributed by atoms with Crippen molar-refractivity contribution < 1.29 is 23.7 Å². The number of aromatic nitrogens is 1. The van der Waals surface area contributed by atoms with Gasteiger partial charge in [0.1, 0.15) is 12.4 Å². The van der Waals surface area contributed by atoms with Crippen LogP contribution < -0.4 is 29.1 Å². The van der Waals surface area contributed by atoms with Crippen LogP contribution in [-0.2, 0) is 16.1 Å². The van der Waals surface area contributed by atoms with Gasteiger partial charge in [0.2, 0.25) is 0 Å². The van der Waals surface area contributed by atoms with Gasteiger partial charge in [-0.3, -0.25) is 9.36 Å². The highest BCUT2D eigenvalue weighted by Gasteiger charge is 2.35. The normalized spacial score (nSPS) is 14.2. The van der Waals surface area contributed by atoms with E-state index >= 15 is 0 Å². The molecule has 5 aromatic rings. The van der Waals surface area contributed by atoms with Crippen LogP contribution >= 0.6 is 72.4 Å². The number of halogens is 3. The van der Waals surface area contributed by atoms with E-state index in [4.69, 9.17) is 23.9 Å². The minimum Gasteiger partial charge on any atom is -0.493 e. The molecule has 49 heavy (non-hydrogen) atoms.